The minimum absolute atomic E-state index is 0.140. The van der Waals surface area contributed by atoms with Crippen LogP contribution in [-0.2, 0) is 6.54 Å². The number of benzene rings is 2. The van der Waals surface area contributed by atoms with Crippen LogP contribution in [0.25, 0.3) is 0 Å². The third-order valence-corrected chi connectivity index (χ3v) is 3.80. The van der Waals surface area contributed by atoms with Gasteiger partial charge < -0.3 is 10.6 Å². The normalized spacial score (nSPS) is 10.3. The summed E-state index contributed by atoms with van der Waals surface area (Å²) >= 11 is 3.50. The summed E-state index contributed by atoms with van der Waals surface area (Å²) in [5.41, 5.74) is 7.76. The van der Waals surface area contributed by atoms with Crippen LogP contribution in [0.2, 0.25) is 0 Å². The Labute approximate surface area is 125 Å². The molecule has 2 rings (SSSR count). The second-order valence-electron chi connectivity index (χ2n) is 4.52. The zero-order valence-corrected chi connectivity index (χ0v) is 12.6. The number of hydrogen-bond donors (Lipinski definition) is 2. The SMILES string of the molecule is CN(Cc1ccccc1Br)c1ccc(F)cc1C(=N)N. The summed E-state index contributed by atoms with van der Waals surface area (Å²) in [6, 6.07) is 12.2. The summed E-state index contributed by atoms with van der Waals surface area (Å²) in [5, 5.41) is 7.56. The fourth-order valence-corrected chi connectivity index (χ4v) is 2.43. The van der Waals surface area contributed by atoms with Gasteiger partial charge in [0.2, 0.25) is 0 Å². The minimum Gasteiger partial charge on any atom is -0.384 e. The highest BCUT2D eigenvalue weighted by Gasteiger charge is 2.12. The van der Waals surface area contributed by atoms with Gasteiger partial charge in [0, 0.05) is 29.3 Å². The molecule has 0 aliphatic heterocycles. The van der Waals surface area contributed by atoms with Crippen molar-refractivity contribution in [3.63, 3.8) is 0 Å². The van der Waals surface area contributed by atoms with Gasteiger partial charge in [-0.1, -0.05) is 34.1 Å². The molecule has 0 aliphatic rings. The molecule has 0 aromatic heterocycles. The molecule has 0 spiro atoms. The molecule has 0 heterocycles. The van der Waals surface area contributed by atoms with E-state index >= 15 is 0 Å². The monoisotopic (exact) mass is 335 g/mol. The molecule has 20 heavy (non-hydrogen) atoms. The molecule has 0 radical (unpaired) electrons. The van der Waals surface area contributed by atoms with Crippen LogP contribution in [0.3, 0.4) is 0 Å². The van der Waals surface area contributed by atoms with Crippen molar-refractivity contribution in [2.45, 2.75) is 6.54 Å². The number of hydrogen-bond acceptors (Lipinski definition) is 2. The van der Waals surface area contributed by atoms with Crippen molar-refractivity contribution in [3.05, 3.63) is 63.9 Å². The molecule has 0 fully saturated rings. The number of rotatable bonds is 4. The molecule has 0 aliphatic carbocycles. The first-order valence-electron chi connectivity index (χ1n) is 6.07. The molecule has 0 unspecified atom stereocenters. The Morgan fingerprint density at radius 3 is 2.65 bits per heavy atom. The van der Waals surface area contributed by atoms with Gasteiger partial charge in [-0.2, -0.15) is 0 Å². The number of nitrogen functional groups attached to an aromatic ring is 1. The van der Waals surface area contributed by atoms with Crippen molar-refractivity contribution in [1.82, 2.24) is 0 Å². The van der Waals surface area contributed by atoms with Crippen LogP contribution >= 0.6 is 15.9 Å². The molecule has 0 amide bonds. The Morgan fingerprint density at radius 2 is 2.00 bits per heavy atom. The van der Waals surface area contributed by atoms with Gasteiger partial charge in [-0.15, -0.1) is 0 Å². The highest BCUT2D eigenvalue weighted by atomic mass is 79.9. The summed E-state index contributed by atoms with van der Waals surface area (Å²) in [5.74, 6) is -0.535. The third-order valence-electron chi connectivity index (χ3n) is 3.03. The van der Waals surface area contributed by atoms with Gasteiger partial charge in [0.05, 0.1) is 0 Å². The van der Waals surface area contributed by atoms with Gasteiger partial charge in [0.25, 0.3) is 0 Å². The maximum Gasteiger partial charge on any atom is 0.125 e. The van der Waals surface area contributed by atoms with Crippen LogP contribution in [0.15, 0.2) is 46.9 Å². The Hall–Kier alpha value is -1.88. The van der Waals surface area contributed by atoms with Crippen molar-refractivity contribution < 1.29 is 4.39 Å². The van der Waals surface area contributed by atoms with E-state index in [4.69, 9.17) is 11.1 Å². The van der Waals surface area contributed by atoms with Gasteiger partial charge in [-0.05, 0) is 29.8 Å². The lowest BCUT2D eigenvalue weighted by Crippen LogP contribution is -2.22. The molecular weight excluding hydrogens is 321 g/mol. The minimum atomic E-state index is -0.395. The molecule has 0 saturated carbocycles. The van der Waals surface area contributed by atoms with E-state index in [2.05, 4.69) is 15.9 Å². The fraction of sp³-hybridized carbons (Fsp3) is 0.133. The van der Waals surface area contributed by atoms with Crippen LogP contribution in [0, 0.1) is 11.2 Å². The van der Waals surface area contributed by atoms with Crippen molar-refractivity contribution in [1.29, 1.82) is 5.41 Å². The average Bonchev–Trinajstić information content (AvgIpc) is 2.41. The Balaban J connectivity index is 2.32. The maximum atomic E-state index is 13.3. The lowest BCUT2D eigenvalue weighted by Gasteiger charge is -2.23. The van der Waals surface area contributed by atoms with Gasteiger partial charge in [-0.3, -0.25) is 5.41 Å². The maximum absolute atomic E-state index is 13.3. The van der Waals surface area contributed by atoms with Crippen molar-refractivity contribution in [3.8, 4) is 0 Å². The molecule has 0 bridgehead atoms. The van der Waals surface area contributed by atoms with Gasteiger partial charge >= 0.3 is 0 Å². The Morgan fingerprint density at radius 1 is 1.30 bits per heavy atom. The molecular formula is C15H15BrFN3. The molecule has 2 aromatic carbocycles. The molecule has 3 N–H and O–H groups in total. The summed E-state index contributed by atoms with van der Waals surface area (Å²) < 4.78 is 14.3. The molecule has 3 nitrogen and oxygen atoms in total. The zero-order chi connectivity index (χ0) is 14.7. The third kappa shape index (κ3) is 3.17. The second kappa shape index (κ2) is 6.05. The predicted octanol–water partition coefficient (Wildman–Crippen LogP) is 3.51. The van der Waals surface area contributed by atoms with E-state index in [1.54, 1.807) is 6.07 Å². The highest BCUT2D eigenvalue weighted by molar-refractivity contribution is 9.10. The standard InChI is InChI=1S/C15H15BrFN3/c1-20(9-10-4-2-3-5-13(10)16)14-7-6-11(17)8-12(14)15(18)19/h2-8H,9H2,1H3,(H3,18,19). The Kier molecular flexibility index (Phi) is 4.39. The number of halogens is 2. The largest absolute Gasteiger partial charge is 0.384 e. The number of nitrogens with zero attached hydrogens (tertiary/aromatic N) is 1. The van der Waals surface area contributed by atoms with Crippen LogP contribution in [0.1, 0.15) is 11.1 Å². The first kappa shape index (κ1) is 14.5. The Bertz CT molecular complexity index is 643. The highest BCUT2D eigenvalue weighted by Crippen LogP contribution is 2.24. The van der Waals surface area contributed by atoms with Crippen LogP contribution in [0.4, 0.5) is 10.1 Å². The fourth-order valence-electron chi connectivity index (χ4n) is 2.02. The van der Waals surface area contributed by atoms with E-state index in [0.29, 0.717) is 12.1 Å². The quantitative estimate of drug-likeness (QED) is 0.663. The van der Waals surface area contributed by atoms with Gasteiger partial charge in [0.15, 0.2) is 0 Å². The summed E-state index contributed by atoms with van der Waals surface area (Å²) in [6.07, 6.45) is 0. The van der Waals surface area contributed by atoms with Crippen LogP contribution < -0.4 is 10.6 Å². The predicted molar refractivity (Wildman–Crippen MR) is 83.7 cm³/mol. The summed E-state index contributed by atoms with van der Waals surface area (Å²) in [6.45, 7) is 0.632. The number of nitrogens with two attached hydrogens (primary N) is 1. The van der Waals surface area contributed by atoms with E-state index in [1.165, 1.54) is 12.1 Å². The number of anilines is 1. The zero-order valence-electron chi connectivity index (χ0n) is 11.0. The molecule has 5 heteroatoms. The van der Waals surface area contributed by atoms with Gasteiger partial charge in [-0.25, -0.2) is 4.39 Å². The smallest absolute Gasteiger partial charge is 0.125 e. The lowest BCUT2D eigenvalue weighted by atomic mass is 10.1. The lowest BCUT2D eigenvalue weighted by molar-refractivity contribution is 0.627. The van der Waals surface area contributed by atoms with Crippen LogP contribution in [0.5, 0.6) is 0 Å². The topological polar surface area (TPSA) is 53.1 Å². The first-order chi connectivity index (χ1) is 9.49. The summed E-state index contributed by atoms with van der Waals surface area (Å²) in [7, 11) is 1.89. The molecule has 2 aromatic rings. The number of nitrogens with one attached hydrogen (secondary N) is 1. The molecule has 104 valence electrons. The molecule has 0 atom stereocenters. The first-order valence-corrected chi connectivity index (χ1v) is 6.87. The van der Waals surface area contributed by atoms with Gasteiger partial charge in [0.1, 0.15) is 11.7 Å². The second-order valence-corrected chi connectivity index (χ2v) is 5.38. The average molecular weight is 336 g/mol. The van der Waals surface area contributed by atoms with Crippen LogP contribution in [-0.4, -0.2) is 12.9 Å². The summed E-state index contributed by atoms with van der Waals surface area (Å²) in [4.78, 5) is 1.94. The van der Waals surface area contributed by atoms with Crippen molar-refractivity contribution >= 4 is 27.5 Å². The van der Waals surface area contributed by atoms with Crippen molar-refractivity contribution in [2.24, 2.45) is 5.73 Å². The molecule has 0 saturated heterocycles. The van der Waals surface area contributed by atoms with E-state index in [0.717, 1.165) is 15.7 Å². The van der Waals surface area contributed by atoms with E-state index in [-0.39, 0.29) is 5.84 Å². The van der Waals surface area contributed by atoms with Crippen molar-refractivity contribution in [2.75, 3.05) is 11.9 Å². The van der Waals surface area contributed by atoms with E-state index in [1.807, 2.05) is 36.2 Å². The van der Waals surface area contributed by atoms with E-state index < -0.39 is 5.82 Å². The van der Waals surface area contributed by atoms with E-state index in [9.17, 15) is 4.39 Å². The number of amidine groups is 1.